The van der Waals surface area contributed by atoms with Crippen molar-refractivity contribution in [3.05, 3.63) is 90.3 Å². The second-order valence-electron chi connectivity index (χ2n) is 7.75. The van der Waals surface area contributed by atoms with Gasteiger partial charge in [-0.1, -0.05) is 18.2 Å². The first-order chi connectivity index (χ1) is 14.7. The second kappa shape index (κ2) is 12.1. The smallest absolute Gasteiger partial charge is 0.0543 e. The minimum absolute atomic E-state index is 0.0772. The quantitative estimate of drug-likeness (QED) is 0.482. The van der Waals surface area contributed by atoms with Crippen LogP contribution >= 0.6 is 0 Å². The van der Waals surface area contributed by atoms with Crippen LogP contribution in [0.25, 0.3) is 0 Å². The predicted octanol–water partition coefficient (Wildman–Crippen LogP) is 2.59. The lowest BCUT2D eigenvalue weighted by atomic mass is 10.1. The molecule has 0 aliphatic heterocycles. The van der Waals surface area contributed by atoms with Crippen LogP contribution < -0.4 is 11.5 Å². The average molecular weight is 405 g/mol. The van der Waals surface area contributed by atoms with Crippen LogP contribution in [0.15, 0.2) is 73.2 Å². The molecule has 6 nitrogen and oxygen atoms in total. The van der Waals surface area contributed by atoms with Gasteiger partial charge in [0.05, 0.1) is 5.69 Å². The molecule has 0 radical (unpaired) electrons. The van der Waals surface area contributed by atoms with Crippen molar-refractivity contribution in [3.8, 4) is 0 Å². The highest BCUT2D eigenvalue weighted by molar-refractivity contribution is 5.06. The summed E-state index contributed by atoms with van der Waals surface area (Å²) in [5.74, 6) is 0. The van der Waals surface area contributed by atoms with E-state index in [-0.39, 0.29) is 12.1 Å². The third kappa shape index (κ3) is 7.99. The van der Waals surface area contributed by atoms with E-state index >= 15 is 0 Å². The zero-order valence-corrected chi connectivity index (χ0v) is 17.5. The fourth-order valence-electron chi connectivity index (χ4n) is 3.47. The minimum Gasteiger partial charge on any atom is -0.327 e. The van der Waals surface area contributed by atoms with Crippen LogP contribution in [0.5, 0.6) is 0 Å². The van der Waals surface area contributed by atoms with E-state index in [0.29, 0.717) is 0 Å². The second-order valence-corrected chi connectivity index (χ2v) is 7.75. The van der Waals surface area contributed by atoms with Crippen molar-refractivity contribution in [1.29, 1.82) is 0 Å². The molecule has 0 aliphatic carbocycles. The molecule has 4 N–H and O–H groups in total. The molecule has 0 saturated carbocycles. The van der Waals surface area contributed by atoms with E-state index in [2.05, 4.69) is 25.9 Å². The molecule has 0 aliphatic rings. The third-order valence-corrected chi connectivity index (χ3v) is 5.14. The fourth-order valence-corrected chi connectivity index (χ4v) is 3.47. The minimum atomic E-state index is 0.0772. The highest BCUT2D eigenvalue weighted by Crippen LogP contribution is 2.09. The molecule has 3 rings (SSSR count). The Bertz CT molecular complexity index is 777. The summed E-state index contributed by atoms with van der Waals surface area (Å²) in [6.07, 6.45) is 8.86. The average Bonchev–Trinajstić information content (AvgIpc) is 2.78. The van der Waals surface area contributed by atoms with E-state index in [4.69, 9.17) is 11.5 Å². The SMILES string of the molecule is NC(CCN(CCC(N)Cc1ccccn1)Cc1ccccn1)Cc1ccccn1. The molecule has 3 aromatic rings. The van der Waals surface area contributed by atoms with Crippen LogP contribution in [0.2, 0.25) is 0 Å². The molecule has 0 saturated heterocycles. The molecule has 0 aromatic carbocycles. The molecule has 2 unspecified atom stereocenters. The lowest BCUT2D eigenvalue weighted by Crippen LogP contribution is -2.35. The maximum Gasteiger partial charge on any atom is 0.0543 e. The zero-order valence-electron chi connectivity index (χ0n) is 17.5. The molecular formula is C24H32N6. The molecule has 30 heavy (non-hydrogen) atoms. The molecule has 2 atom stereocenters. The fraction of sp³-hybridized carbons (Fsp3) is 0.375. The standard InChI is InChI=1S/C24H32N6/c25-20(17-22-7-1-4-12-27-22)10-15-30(19-24-9-3-6-14-29-24)16-11-21(26)18-23-8-2-5-13-28-23/h1-9,12-14,20-21H,10-11,15-19,25-26H2. The largest absolute Gasteiger partial charge is 0.327 e. The van der Waals surface area contributed by atoms with Crippen molar-refractivity contribution >= 4 is 0 Å². The monoisotopic (exact) mass is 404 g/mol. The van der Waals surface area contributed by atoms with E-state index in [9.17, 15) is 0 Å². The molecule has 0 bridgehead atoms. The van der Waals surface area contributed by atoms with Gasteiger partial charge >= 0.3 is 0 Å². The maximum absolute atomic E-state index is 6.39. The highest BCUT2D eigenvalue weighted by atomic mass is 15.1. The number of nitrogens with zero attached hydrogens (tertiary/aromatic N) is 4. The molecule has 158 valence electrons. The molecular weight excluding hydrogens is 372 g/mol. The van der Waals surface area contributed by atoms with Gasteiger partial charge in [-0.3, -0.25) is 19.9 Å². The Kier molecular flexibility index (Phi) is 8.90. The Hall–Kier alpha value is -2.67. The van der Waals surface area contributed by atoms with Crippen LogP contribution in [0.4, 0.5) is 0 Å². The van der Waals surface area contributed by atoms with Crippen molar-refractivity contribution in [2.24, 2.45) is 11.5 Å². The first-order valence-electron chi connectivity index (χ1n) is 10.6. The van der Waals surface area contributed by atoms with E-state index in [1.165, 1.54) is 0 Å². The van der Waals surface area contributed by atoms with E-state index < -0.39 is 0 Å². The van der Waals surface area contributed by atoms with Gasteiger partial charge in [0.1, 0.15) is 0 Å². The van der Waals surface area contributed by atoms with Gasteiger partial charge < -0.3 is 11.5 Å². The van der Waals surface area contributed by atoms with Crippen molar-refractivity contribution < 1.29 is 0 Å². The van der Waals surface area contributed by atoms with Gasteiger partial charge in [-0.05, 0) is 49.2 Å². The number of nitrogens with two attached hydrogens (primary N) is 2. The van der Waals surface area contributed by atoms with Crippen LogP contribution in [0, 0.1) is 0 Å². The van der Waals surface area contributed by atoms with Crippen LogP contribution in [-0.4, -0.2) is 45.0 Å². The molecule has 0 spiro atoms. The topological polar surface area (TPSA) is 94.0 Å². The molecule has 3 heterocycles. The summed E-state index contributed by atoms with van der Waals surface area (Å²) in [5, 5.41) is 0. The molecule has 0 fully saturated rings. The number of pyridine rings is 3. The first-order valence-corrected chi connectivity index (χ1v) is 10.6. The molecule has 3 aromatic heterocycles. The number of hydrogen-bond acceptors (Lipinski definition) is 6. The van der Waals surface area contributed by atoms with Gasteiger partial charge in [-0.25, -0.2) is 0 Å². The lowest BCUT2D eigenvalue weighted by molar-refractivity contribution is 0.241. The number of rotatable bonds is 12. The van der Waals surface area contributed by atoms with E-state index in [1.54, 1.807) is 0 Å². The zero-order chi connectivity index (χ0) is 21.0. The summed E-state index contributed by atoms with van der Waals surface area (Å²) in [6, 6.07) is 18.1. The van der Waals surface area contributed by atoms with Gasteiger partial charge in [0.15, 0.2) is 0 Å². The van der Waals surface area contributed by atoms with Crippen LogP contribution in [0.1, 0.15) is 29.9 Å². The third-order valence-electron chi connectivity index (χ3n) is 5.14. The lowest BCUT2D eigenvalue weighted by Gasteiger charge is -2.25. The highest BCUT2D eigenvalue weighted by Gasteiger charge is 2.13. The summed E-state index contributed by atoms with van der Waals surface area (Å²) in [4.78, 5) is 15.7. The maximum atomic E-state index is 6.39. The van der Waals surface area contributed by atoms with Gasteiger partial charge in [0, 0.05) is 74.5 Å². The van der Waals surface area contributed by atoms with Crippen LogP contribution in [0.3, 0.4) is 0 Å². The predicted molar refractivity (Wildman–Crippen MR) is 121 cm³/mol. The van der Waals surface area contributed by atoms with E-state index in [1.807, 2.05) is 67.1 Å². The van der Waals surface area contributed by atoms with Crippen molar-refractivity contribution in [2.75, 3.05) is 13.1 Å². The van der Waals surface area contributed by atoms with Gasteiger partial charge in [0.2, 0.25) is 0 Å². The summed E-state index contributed by atoms with van der Waals surface area (Å²) in [6.45, 7) is 2.61. The van der Waals surface area contributed by atoms with E-state index in [0.717, 1.165) is 62.4 Å². The van der Waals surface area contributed by atoms with Crippen molar-refractivity contribution in [3.63, 3.8) is 0 Å². The van der Waals surface area contributed by atoms with Gasteiger partial charge in [-0.2, -0.15) is 0 Å². The summed E-state index contributed by atoms with van der Waals surface area (Å²) >= 11 is 0. The number of hydrogen-bond donors (Lipinski definition) is 2. The van der Waals surface area contributed by atoms with Gasteiger partial charge in [-0.15, -0.1) is 0 Å². The molecule has 0 amide bonds. The van der Waals surface area contributed by atoms with Crippen LogP contribution in [-0.2, 0) is 19.4 Å². The Morgan fingerprint density at radius 3 is 1.47 bits per heavy atom. The van der Waals surface area contributed by atoms with Gasteiger partial charge in [0.25, 0.3) is 0 Å². The Balaban J connectivity index is 1.51. The Labute approximate surface area is 179 Å². The van der Waals surface area contributed by atoms with Crippen molar-refractivity contribution in [2.45, 2.75) is 44.3 Å². The summed E-state index contributed by atoms with van der Waals surface area (Å²) in [7, 11) is 0. The molecule has 6 heteroatoms. The summed E-state index contributed by atoms with van der Waals surface area (Å²) < 4.78 is 0. The Morgan fingerprint density at radius 1 is 0.633 bits per heavy atom. The number of aromatic nitrogens is 3. The van der Waals surface area contributed by atoms with Crippen molar-refractivity contribution in [1.82, 2.24) is 19.9 Å². The summed E-state index contributed by atoms with van der Waals surface area (Å²) in [5.41, 5.74) is 15.9. The normalized spacial score (nSPS) is 13.3. The first kappa shape index (κ1) is 22.0. The Morgan fingerprint density at radius 2 is 1.07 bits per heavy atom.